The number of anilines is 1. The van der Waals surface area contributed by atoms with E-state index in [0.717, 1.165) is 25.1 Å². The maximum atomic E-state index is 12.0. The summed E-state index contributed by atoms with van der Waals surface area (Å²) in [6.45, 7) is 5.27. The second kappa shape index (κ2) is 7.11. The van der Waals surface area contributed by atoms with Crippen molar-refractivity contribution in [2.45, 2.75) is 39.2 Å². The molecule has 1 aliphatic heterocycles. The van der Waals surface area contributed by atoms with E-state index in [-0.39, 0.29) is 17.9 Å². The van der Waals surface area contributed by atoms with Crippen LogP contribution in [-0.4, -0.2) is 30.9 Å². The van der Waals surface area contributed by atoms with E-state index >= 15 is 0 Å². The lowest BCUT2D eigenvalue weighted by Crippen LogP contribution is -2.35. The molecule has 2 amide bonds. The third-order valence-electron chi connectivity index (χ3n) is 3.73. The molecule has 0 fully saturated rings. The van der Waals surface area contributed by atoms with E-state index in [1.165, 1.54) is 5.56 Å². The second-order valence-electron chi connectivity index (χ2n) is 5.43. The van der Waals surface area contributed by atoms with Gasteiger partial charge in [-0.3, -0.25) is 9.59 Å². The van der Waals surface area contributed by atoms with Crippen LogP contribution in [0.25, 0.3) is 0 Å². The summed E-state index contributed by atoms with van der Waals surface area (Å²) in [5, 5.41) is 8.93. The summed E-state index contributed by atoms with van der Waals surface area (Å²) in [5.74, 6) is -0.149. The molecule has 0 bridgehead atoms. The molecule has 0 radical (unpaired) electrons. The van der Waals surface area contributed by atoms with Gasteiger partial charge in [-0.1, -0.05) is 6.92 Å². The van der Waals surface area contributed by atoms with E-state index in [1.807, 2.05) is 32.0 Å². The highest BCUT2D eigenvalue weighted by Gasteiger charge is 2.13. The van der Waals surface area contributed by atoms with Gasteiger partial charge in [0.05, 0.1) is 0 Å². The SMILES string of the molecule is CC[C@@H](C)NC(=O)CCNC(=O)c1ccc2c(c1)CCN2. The van der Waals surface area contributed by atoms with Crippen molar-refractivity contribution < 1.29 is 9.59 Å². The Morgan fingerprint density at radius 1 is 1.38 bits per heavy atom. The molecule has 1 heterocycles. The minimum Gasteiger partial charge on any atom is -0.384 e. The molecule has 5 nitrogen and oxygen atoms in total. The molecule has 1 aliphatic rings. The molecule has 0 saturated carbocycles. The number of rotatable bonds is 6. The molecule has 114 valence electrons. The lowest BCUT2D eigenvalue weighted by molar-refractivity contribution is -0.121. The third kappa shape index (κ3) is 4.21. The quantitative estimate of drug-likeness (QED) is 0.746. The van der Waals surface area contributed by atoms with Crippen LogP contribution in [0.15, 0.2) is 18.2 Å². The van der Waals surface area contributed by atoms with Crippen LogP contribution in [-0.2, 0) is 11.2 Å². The molecule has 1 aromatic rings. The number of amides is 2. The lowest BCUT2D eigenvalue weighted by atomic mass is 10.1. The number of hydrogen-bond acceptors (Lipinski definition) is 3. The molecule has 1 atom stereocenters. The molecular weight excluding hydrogens is 266 g/mol. The summed E-state index contributed by atoms with van der Waals surface area (Å²) in [6, 6.07) is 5.85. The van der Waals surface area contributed by atoms with Crippen LogP contribution < -0.4 is 16.0 Å². The fraction of sp³-hybridized carbons (Fsp3) is 0.500. The Bertz CT molecular complexity index is 528. The number of hydrogen-bond donors (Lipinski definition) is 3. The highest BCUT2D eigenvalue weighted by Crippen LogP contribution is 2.22. The van der Waals surface area contributed by atoms with Crippen molar-refractivity contribution in [3.63, 3.8) is 0 Å². The summed E-state index contributed by atoms with van der Waals surface area (Å²) >= 11 is 0. The Kier molecular flexibility index (Phi) is 5.20. The second-order valence-corrected chi connectivity index (χ2v) is 5.43. The van der Waals surface area contributed by atoms with E-state index in [4.69, 9.17) is 0 Å². The van der Waals surface area contributed by atoms with Gasteiger partial charge >= 0.3 is 0 Å². The largest absolute Gasteiger partial charge is 0.384 e. The first-order chi connectivity index (χ1) is 10.1. The Morgan fingerprint density at radius 3 is 2.95 bits per heavy atom. The van der Waals surface area contributed by atoms with E-state index < -0.39 is 0 Å². The van der Waals surface area contributed by atoms with E-state index in [0.29, 0.717) is 18.5 Å². The van der Waals surface area contributed by atoms with Gasteiger partial charge in [0.15, 0.2) is 0 Å². The molecule has 21 heavy (non-hydrogen) atoms. The van der Waals surface area contributed by atoms with Crippen LogP contribution in [0, 0.1) is 0 Å². The predicted octanol–water partition coefficient (Wildman–Crippen LogP) is 1.69. The van der Waals surface area contributed by atoms with Gasteiger partial charge < -0.3 is 16.0 Å². The van der Waals surface area contributed by atoms with Crippen molar-refractivity contribution in [2.75, 3.05) is 18.4 Å². The fourth-order valence-corrected chi connectivity index (χ4v) is 2.29. The van der Waals surface area contributed by atoms with Gasteiger partial charge in [0.25, 0.3) is 5.91 Å². The van der Waals surface area contributed by atoms with Gasteiger partial charge in [-0.2, -0.15) is 0 Å². The van der Waals surface area contributed by atoms with Gasteiger partial charge in [-0.25, -0.2) is 0 Å². The van der Waals surface area contributed by atoms with Crippen molar-refractivity contribution in [2.24, 2.45) is 0 Å². The average molecular weight is 289 g/mol. The van der Waals surface area contributed by atoms with Crippen molar-refractivity contribution in [3.8, 4) is 0 Å². The standard InChI is InChI=1S/C16H23N3O2/c1-3-11(2)19-15(20)7-9-18-16(21)13-4-5-14-12(10-13)6-8-17-14/h4-5,10-11,17H,3,6-9H2,1-2H3,(H,18,21)(H,19,20)/t11-/m1/s1. The Morgan fingerprint density at radius 2 is 2.19 bits per heavy atom. The Labute approximate surface area is 125 Å². The monoisotopic (exact) mass is 289 g/mol. The summed E-state index contributed by atoms with van der Waals surface area (Å²) in [4.78, 5) is 23.7. The van der Waals surface area contributed by atoms with Gasteiger partial charge in [0, 0.05) is 36.8 Å². The minimum absolute atomic E-state index is 0.0252. The van der Waals surface area contributed by atoms with Gasteiger partial charge in [-0.15, -0.1) is 0 Å². The number of nitrogens with one attached hydrogen (secondary N) is 3. The van der Waals surface area contributed by atoms with E-state index in [2.05, 4.69) is 16.0 Å². The Balaban J connectivity index is 1.78. The van der Waals surface area contributed by atoms with Crippen LogP contribution in [0.1, 0.15) is 42.6 Å². The zero-order chi connectivity index (χ0) is 15.2. The van der Waals surface area contributed by atoms with Crippen LogP contribution in [0.2, 0.25) is 0 Å². The first-order valence-electron chi connectivity index (χ1n) is 7.54. The smallest absolute Gasteiger partial charge is 0.251 e. The maximum absolute atomic E-state index is 12.0. The molecular formula is C16H23N3O2. The van der Waals surface area contributed by atoms with Crippen molar-refractivity contribution in [1.82, 2.24) is 10.6 Å². The summed E-state index contributed by atoms with van der Waals surface area (Å²) < 4.78 is 0. The topological polar surface area (TPSA) is 70.2 Å². The normalized spacial score (nSPS) is 14.0. The zero-order valence-corrected chi connectivity index (χ0v) is 12.7. The number of fused-ring (bicyclic) bond motifs is 1. The van der Waals surface area contributed by atoms with Crippen LogP contribution in [0.4, 0.5) is 5.69 Å². The van der Waals surface area contributed by atoms with Gasteiger partial charge in [0.2, 0.25) is 5.91 Å². The molecule has 3 N–H and O–H groups in total. The zero-order valence-electron chi connectivity index (χ0n) is 12.7. The number of carbonyl (C=O) groups excluding carboxylic acids is 2. The first-order valence-corrected chi connectivity index (χ1v) is 7.54. The van der Waals surface area contributed by atoms with E-state index in [1.54, 1.807) is 0 Å². The van der Waals surface area contributed by atoms with Gasteiger partial charge in [-0.05, 0) is 43.5 Å². The van der Waals surface area contributed by atoms with Crippen LogP contribution in [0.5, 0.6) is 0 Å². The molecule has 1 aromatic carbocycles. The fourth-order valence-electron chi connectivity index (χ4n) is 2.29. The summed E-state index contributed by atoms with van der Waals surface area (Å²) in [5.41, 5.74) is 2.94. The third-order valence-corrected chi connectivity index (χ3v) is 3.73. The van der Waals surface area contributed by atoms with Gasteiger partial charge in [0.1, 0.15) is 0 Å². The maximum Gasteiger partial charge on any atom is 0.251 e. The number of carbonyl (C=O) groups is 2. The number of benzene rings is 1. The van der Waals surface area contributed by atoms with Crippen molar-refractivity contribution >= 4 is 17.5 Å². The first kappa shape index (κ1) is 15.4. The average Bonchev–Trinajstić information content (AvgIpc) is 2.94. The summed E-state index contributed by atoms with van der Waals surface area (Å²) in [7, 11) is 0. The van der Waals surface area contributed by atoms with Crippen molar-refractivity contribution in [1.29, 1.82) is 0 Å². The Hall–Kier alpha value is -2.04. The molecule has 0 unspecified atom stereocenters. The molecule has 2 rings (SSSR count). The summed E-state index contributed by atoms with van der Waals surface area (Å²) in [6.07, 6.45) is 2.16. The molecule has 0 spiro atoms. The van der Waals surface area contributed by atoms with Crippen molar-refractivity contribution in [3.05, 3.63) is 29.3 Å². The molecule has 5 heteroatoms. The highest BCUT2D eigenvalue weighted by molar-refractivity contribution is 5.95. The molecule has 0 aromatic heterocycles. The molecule has 0 saturated heterocycles. The highest BCUT2D eigenvalue weighted by atomic mass is 16.2. The predicted molar refractivity (Wildman–Crippen MR) is 83.5 cm³/mol. The minimum atomic E-state index is -0.124. The van der Waals surface area contributed by atoms with Crippen LogP contribution in [0.3, 0.4) is 0 Å². The molecule has 0 aliphatic carbocycles. The van der Waals surface area contributed by atoms with E-state index in [9.17, 15) is 9.59 Å². The lowest BCUT2D eigenvalue weighted by Gasteiger charge is -2.11. The van der Waals surface area contributed by atoms with Crippen LogP contribution >= 0.6 is 0 Å².